The van der Waals surface area contributed by atoms with Gasteiger partial charge in [-0.25, -0.2) is 0 Å². The predicted molar refractivity (Wildman–Crippen MR) is 161 cm³/mol. The van der Waals surface area contributed by atoms with Gasteiger partial charge in [-0.3, -0.25) is 0 Å². The Balaban J connectivity index is 1.28. The summed E-state index contributed by atoms with van der Waals surface area (Å²) in [6, 6.07) is 16.7. The van der Waals surface area contributed by atoms with Crippen LogP contribution >= 0.6 is 0 Å². The second-order valence-electron chi connectivity index (χ2n) is 12.4. The molecule has 2 saturated carbocycles. The summed E-state index contributed by atoms with van der Waals surface area (Å²) in [5.41, 5.74) is 8.72. The molecule has 37 heavy (non-hydrogen) atoms. The Morgan fingerprint density at radius 1 is 0.892 bits per heavy atom. The first-order valence-electron chi connectivity index (χ1n) is 15.5. The molecule has 0 spiro atoms. The average Bonchev–Trinajstić information content (AvgIpc) is 2.92. The van der Waals surface area contributed by atoms with Crippen LogP contribution in [0.4, 0.5) is 11.4 Å². The van der Waals surface area contributed by atoms with Gasteiger partial charge in [0.15, 0.2) is 0 Å². The first-order valence-corrected chi connectivity index (χ1v) is 15.5. The summed E-state index contributed by atoms with van der Waals surface area (Å²) < 4.78 is 0. The maximum atomic E-state index is 4.76. The molecule has 200 valence electrons. The van der Waals surface area contributed by atoms with Crippen molar-refractivity contribution in [2.75, 3.05) is 29.4 Å². The van der Waals surface area contributed by atoms with Crippen molar-refractivity contribution in [1.82, 2.24) is 0 Å². The molecule has 2 aliphatic carbocycles. The Hall–Kier alpha value is -2.22. The third kappa shape index (κ3) is 6.10. The topological polar surface area (TPSA) is 6.48 Å². The fraction of sp³-hybridized carbons (Fsp3) is 0.600. The number of anilines is 2. The zero-order valence-corrected chi connectivity index (χ0v) is 23.9. The van der Waals surface area contributed by atoms with Crippen LogP contribution in [0.15, 0.2) is 54.7 Å². The molecule has 0 amide bonds. The van der Waals surface area contributed by atoms with E-state index in [4.69, 9.17) is 6.58 Å². The van der Waals surface area contributed by atoms with E-state index in [2.05, 4.69) is 73.0 Å². The highest BCUT2D eigenvalue weighted by molar-refractivity contribution is 5.63. The number of allylic oxidation sites excluding steroid dienone is 1. The molecule has 3 fully saturated rings. The first kappa shape index (κ1) is 26.4. The van der Waals surface area contributed by atoms with E-state index in [1.165, 1.54) is 105 Å². The Labute approximate surface area is 227 Å². The van der Waals surface area contributed by atoms with E-state index in [0.29, 0.717) is 5.92 Å². The molecular weight excluding hydrogens is 448 g/mol. The van der Waals surface area contributed by atoms with Gasteiger partial charge >= 0.3 is 0 Å². The van der Waals surface area contributed by atoms with Gasteiger partial charge in [-0.2, -0.15) is 0 Å². The zero-order chi connectivity index (χ0) is 25.8. The smallest absolute Gasteiger partial charge is 0.0429 e. The van der Waals surface area contributed by atoms with Gasteiger partial charge in [0.1, 0.15) is 0 Å². The van der Waals surface area contributed by atoms with Gasteiger partial charge in [-0.15, -0.1) is 0 Å². The standard InChI is InChI=1S/C35H50N2/c1-5-28-23-36(24-28)34-13-10-14-35(22-34)37(27(4)31-11-8-7-9-12-31)25-29-15-17-32(18-16-29)33-20-19-30(6-2)26(3)21-33/h10,13-14,19-22,28-29,31-32H,4-9,11-12,15-18,23-25H2,1-3H3. The van der Waals surface area contributed by atoms with Gasteiger partial charge in [0, 0.05) is 36.7 Å². The fourth-order valence-electron chi connectivity index (χ4n) is 7.25. The van der Waals surface area contributed by atoms with Crippen LogP contribution in [0.1, 0.15) is 101 Å². The number of aryl methyl sites for hydroxylation is 2. The Morgan fingerprint density at radius 3 is 2.32 bits per heavy atom. The van der Waals surface area contributed by atoms with Crippen molar-refractivity contribution in [2.24, 2.45) is 17.8 Å². The van der Waals surface area contributed by atoms with Crippen molar-refractivity contribution < 1.29 is 0 Å². The molecule has 2 aromatic carbocycles. The lowest BCUT2D eigenvalue weighted by Gasteiger charge is -2.42. The molecule has 1 saturated heterocycles. The molecule has 0 atom stereocenters. The van der Waals surface area contributed by atoms with E-state index in [0.717, 1.165) is 30.7 Å². The summed E-state index contributed by atoms with van der Waals surface area (Å²) in [5, 5.41) is 0. The van der Waals surface area contributed by atoms with Gasteiger partial charge in [0.25, 0.3) is 0 Å². The summed E-state index contributed by atoms with van der Waals surface area (Å²) in [7, 11) is 0. The number of nitrogens with zero attached hydrogens (tertiary/aromatic N) is 2. The molecule has 1 heterocycles. The third-order valence-corrected chi connectivity index (χ3v) is 9.97. The van der Waals surface area contributed by atoms with E-state index in [1.807, 2.05) is 0 Å². The molecule has 3 aliphatic rings. The van der Waals surface area contributed by atoms with Crippen LogP contribution in [0.3, 0.4) is 0 Å². The van der Waals surface area contributed by atoms with Crippen molar-refractivity contribution in [3.63, 3.8) is 0 Å². The highest BCUT2D eigenvalue weighted by Crippen LogP contribution is 2.40. The highest BCUT2D eigenvalue weighted by atomic mass is 15.2. The van der Waals surface area contributed by atoms with Crippen molar-refractivity contribution in [3.05, 3.63) is 71.4 Å². The molecule has 2 aromatic rings. The maximum absolute atomic E-state index is 4.76. The van der Waals surface area contributed by atoms with E-state index < -0.39 is 0 Å². The van der Waals surface area contributed by atoms with Crippen LogP contribution in [0.25, 0.3) is 0 Å². The number of hydrogen-bond acceptors (Lipinski definition) is 2. The minimum absolute atomic E-state index is 0.655. The summed E-state index contributed by atoms with van der Waals surface area (Å²) in [6.45, 7) is 15.2. The zero-order valence-electron chi connectivity index (χ0n) is 23.9. The molecule has 0 unspecified atom stereocenters. The van der Waals surface area contributed by atoms with E-state index in [-0.39, 0.29) is 0 Å². The van der Waals surface area contributed by atoms with Gasteiger partial charge in [0.2, 0.25) is 0 Å². The van der Waals surface area contributed by atoms with Gasteiger partial charge in [-0.05, 0) is 117 Å². The van der Waals surface area contributed by atoms with Crippen LogP contribution in [0.2, 0.25) is 0 Å². The van der Waals surface area contributed by atoms with Crippen LogP contribution in [-0.4, -0.2) is 19.6 Å². The van der Waals surface area contributed by atoms with E-state index in [1.54, 1.807) is 5.56 Å². The van der Waals surface area contributed by atoms with Crippen molar-refractivity contribution >= 4 is 11.4 Å². The number of rotatable bonds is 9. The molecule has 0 radical (unpaired) electrons. The highest BCUT2D eigenvalue weighted by Gasteiger charge is 2.29. The summed E-state index contributed by atoms with van der Waals surface area (Å²) in [5.74, 6) is 3.01. The van der Waals surface area contributed by atoms with Crippen molar-refractivity contribution in [1.29, 1.82) is 0 Å². The molecular formula is C35H50N2. The quantitative estimate of drug-likeness (QED) is 0.340. The lowest BCUT2D eigenvalue weighted by atomic mass is 9.77. The van der Waals surface area contributed by atoms with Crippen LogP contribution in [0.5, 0.6) is 0 Å². The lowest BCUT2D eigenvalue weighted by molar-refractivity contribution is 0.323. The minimum atomic E-state index is 0.655. The molecule has 1 aliphatic heterocycles. The van der Waals surface area contributed by atoms with E-state index in [9.17, 15) is 0 Å². The second-order valence-corrected chi connectivity index (χ2v) is 12.4. The van der Waals surface area contributed by atoms with Crippen molar-refractivity contribution in [3.8, 4) is 0 Å². The Kier molecular flexibility index (Phi) is 8.63. The molecule has 0 N–H and O–H groups in total. The monoisotopic (exact) mass is 498 g/mol. The summed E-state index contributed by atoms with van der Waals surface area (Å²) >= 11 is 0. The predicted octanol–water partition coefficient (Wildman–Crippen LogP) is 9.28. The summed E-state index contributed by atoms with van der Waals surface area (Å²) in [4.78, 5) is 5.22. The Morgan fingerprint density at radius 2 is 1.65 bits per heavy atom. The maximum Gasteiger partial charge on any atom is 0.0429 e. The summed E-state index contributed by atoms with van der Waals surface area (Å²) in [6.07, 6.45) is 14.5. The minimum Gasteiger partial charge on any atom is -0.371 e. The van der Waals surface area contributed by atoms with Gasteiger partial charge < -0.3 is 9.80 Å². The fourth-order valence-corrected chi connectivity index (χ4v) is 7.25. The molecule has 2 nitrogen and oxygen atoms in total. The average molecular weight is 499 g/mol. The molecule has 0 bridgehead atoms. The molecule has 2 heteroatoms. The normalized spacial score (nSPS) is 23.1. The third-order valence-electron chi connectivity index (χ3n) is 9.97. The molecule has 5 rings (SSSR count). The molecule has 0 aromatic heterocycles. The SMILES string of the molecule is C=C(C1CCCCC1)N(CC1CCC(c2ccc(CC)c(C)c2)CC1)c1cccc(N2CC(CC)C2)c1. The number of hydrogen-bond donors (Lipinski definition) is 0. The van der Waals surface area contributed by atoms with Crippen LogP contribution in [0, 0.1) is 24.7 Å². The lowest BCUT2D eigenvalue weighted by Crippen LogP contribution is -2.46. The van der Waals surface area contributed by atoms with Gasteiger partial charge in [-0.1, -0.05) is 64.0 Å². The van der Waals surface area contributed by atoms with Gasteiger partial charge in [0.05, 0.1) is 0 Å². The van der Waals surface area contributed by atoms with E-state index >= 15 is 0 Å². The Bertz CT molecular complexity index is 1030. The number of benzene rings is 2. The van der Waals surface area contributed by atoms with Crippen LogP contribution < -0.4 is 9.80 Å². The van der Waals surface area contributed by atoms with Crippen molar-refractivity contribution in [2.45, 2.75) is 97.3 Å². The van der Waals surface area contributed by atoms with Crippen LogP contribution in [-0.2, 0) is 6.42 Å². The second kappa shape index (κ2) is 12.1. The largest absolute Gasteiger partial charge is 0.371 e. The first-order chi connectivity index (χ1) is 18.1.